The van der Waals surface area contributed by atoms with Gasteiger partial charge < -0.3 is 10.1 Å². The maximum atomic E-state index is 6.00. The fourth-order valence-corrected chi connectivity index (χ4v) is 2.57. The second kappa shape index (κ2) is 6.91. The van der Waals surface area contributed by atoms with Crippen molar-refractivity contribution in [3.8, 4) is 0 Å². The first-order valence-electron chi connectivity index (χ1n) is 7.12. The molecule has 1 N–H and O–H groups in total. The van der Waals surface area contributed by atoms with Crippen molar-refractivity contribution < 1.29 is 4.74 Å². The number of rotatable bonds is 5. The molecule has 1 aromatic carbocycles. The number of hydrogen-bond donors (Lipinski definition) is 1. The summed E-state index contributed by atoms with van der Waals surface area (Å²) in [6.07, 6.45) is 5.61. The van der Waals surface area contributed by atoms with Crippen molar-refractivity contribution in [3.05, 3.63) is 35.4 Å². The summed E-state index contributed by atoms with van der Waals surface area (Å²) >= 11 is 0. The number of nitrogens with one attached hydrogen (secondary N) is 1. The molecule has 0 radical (unpaired) electrons. The Morgan fingerprint density at radius 2 is 1.67 bits per heavy atom. The summed E-state index contributed by atoms with van der Waals surface area (Å²) in [5.41, 5.74) is 2.61. The molecule has 0 heterocycles. The van der Waals surface area contributed by atoms with Crippen molar-refractivity contribution in [1.29, 1.82) is 0 Å². The Bertz CT molecular complexity index is 339. The van der Waals surface area contributed by atoms with Gasteiger partial charge in [0.1, 0.15) is 0 Å². The van der Waals surface area contributed by atoms with Gasteiger partial charge in [-0.3, -0.25) is 0 Å². The second-order valence-corrected chi connectivity index (χ2v) is 5.54. The van der Waals surface area contributed by atoms with E-state index in [0.29, 0.717) is 6.10 Å². The summed E-state index contributed by atoms with van der Waals surface area (Å²) in [4.78, 5) is 0. The molecule has 2 rings (SSSR count). The fourth-order valence-electron chi connectivity index (χ4n) is 2.57. The summed E-state index contributed by atoms with van der Waals surface area (Å²) in [5.74, 6) is 0.894. The van der Waals surface area contributed by atoms with Crippen LogP contribution in [0, 0.1) is 5.92 Å². The van der Waals surface area contributed by atoms with E-state index in [2.05, 4.69) is 36.5 Å². The average molecular weight is 247 g/mol. The molecule has 0 bridgehead atoms. The second-order valence-electron chi connectivity index (χ2n) is 5.54. The van der Waals surface area contributed by atoms with Crippen LogP contribution < -0.4 is 5.32 Å². The van der Waals surface area contributed by atoms with Gasteiger partial charge >= 0.3 is 0 Å². The molecule has 1 fully saturated rings. The molecular weight excluding hydrogens is 222 g/mol. The van der Waals surface area contributed by atoms with Crippen LogP contribution in [0.15, 0.2) is 24.3 Å². The lowest BCUT2D eigenvalue weighted by Gasteiger charge is -2.26. The van der Waals surface area contributed by atoms with Gasteiger partial charge in [0, 0.05) is 6.54 Å². The van der Waals surface area contributed by atoms with Crippen LogP contribution in [0.5, 0.6) is 0 Å². The van der Waals surface area contributed by atoms with E-state index >= 15 is 0 Å². The van der Waals surface area contributed by atoms with E-state index in [9.17, 15) is 0 Å². The van der Waals surface area contributed by atoms with Crippen LogP contribution in [0.25, 0.3) is 0 Å². The Balaban J connectivity index is 1.76. The standard InChI is InChI=1S/C16H25NO/c1-13-3-9-16(10-4-13)18-12-15-7-5-14(6-8-15)11-17-2/h5-8,13,16-17H,3-4,9-12H2,1-2H3. The lowest BCUT2D eigenvalue weighted by Crippen LogP contribution is -2.20. The van der Waals surface area contributed by atoms with Gasteiger partial charge in [-0.25, -0.2) is 0 Å². The Hall–Kier alpha value is -0.860. The minimum absolute atomic E-state index is 0.484. The molecule has 0 aromatic heterocycles. The molecule has 1 aliphatic carbocycles. The molecular formula is C16H25NO. The van der Waals surface area contributed by atoms with Crippen LogP contribution in [0.1, 0.15) is 43.7 Å². The molecule has 1 aliphatic rings. The van der Waals surface area contributed by atoms with Gasteiger partial charge in [0.25, 0.3) is 0 Å². The van der Waals surface area contributed by atoms with Crippen molar-refractivity contribution in [2.75, 3.05) is 7.05 Å². The quantitative estimate of drug-likeness (QED) is 0.860. The summed E-state index contributed by atoms with van der Waals surface area (Å²) in [7, 11) is 1.97. The topological polar surface area (TPSA) is 21.3 Å². The molecule has 0 unspecified atom stereocenters. The van der Waals surface area contributed by atoms with Crippen molar-refractivity contribution in [1.82, 2.24) is 5.32 Å². The fraction of sp³-hybridized carbons (Fsp3) is 0.625. The van der Waals surface area contributed by atoms with Crippen LogP contribution >= 0.6 is 0 Å². The SMILES string of the molecule is CNCc1ccc(COC2CCC(C)CC2)cc1. The molecule has 1 aromatic rings. The predicted octanol–water partition coefficient (Wildman–Crippen LogP) is 3.50. The maximum Gasteiger partial charge on any atom is 0.0720 e. The average Bonchev–Trinajstić information content (AvgIpc) is 2.40. The van der Waals surface area contributed by atoms with Crippen molar-refractivity contribution in [2.45, 2.75) is 51.9 Å². The highest BCUT2D eigenvalue weighted by atomic mass is 16.5. The van der Waals surface area contributed by atoms with E-state index in [1.165, 1.54) is 36.8 Å². The van der Waals surface area contributed by atoms with E-state index in [1.54, 1.807) is 0 Å². The Labute approximate surface area is 111 Å². The molecule has 0 spiro atoms. The number of benzene rings is 1. The monoisotopic (exact) mass is 247 g/mol. The summed E-state index contributed by atoms with van der Waals surface area (Å²) < 4.78 is 6.00. The van der Waals surface area contributed by atoms with Crippen LogP contribution in [0.2, 0.25) is 0 Å². The van der Waals surface area contributed by atoms with Crippen LogP contribution in [-0.4, -0.2) is 13.2 Å². The Kier molecular flexibility index (Phi) is 5.21. The lowest BCUT2D eigenvalue weighted by molar-refractivity contribution is 0.00877. The molecule has 0 atom stereocenters. The van der Waals surface area contributed by atoms with E-state index in [0.717, 1.165) is 19.1 Å². The molecule has 2 nitrogen and oxygen atoms in total. The predicted molar refractivity (Wildman–Crippen MR) is 75.4 cm³/mol. The largest absolute Gasteiger partial charge is 0.374 e. The van der Waals surface area contributed by atoms with Crippen LogP contribution in [0.4, 0.5) is 0 Å². The van der Waals surface area contributed by atoms with Gasteiger partial charge in [0.2, 0.25) is 0 Å². The molecule has 100 valence electrons. The van der Waals surface area contributed by atoms with Gasteiger partial charge in [-0.2, -0.15) is 0 Å². The minimum atomic E-state index is 0.484. The van der Waals surface area contributed by atoms with E-state index in [1.807, 2.05) is 7.05 Å². The third-order valence-electron chi connectivity index (χ3n) is 3.85. The van der Waals surface area contributed by atoms with Crippen molar-refractivity contribution in [3.63, 3.8) is 0 Å². The highest BCUT2D eigenvalue weighted by Crippen LogP contribution is 2.26. The first-order valence-corrected chi connectivity index (χ1v) is 7.12. The first kappa shape index (κ1) is 13.6. The molecule has 18 heavy (non-hydrogen) atoms. The Morgan fingerprint density at radius 3 is 2.28 bits per heavy atom. The Morgan fingerprint density at radius 1 is 1.06 bits per heavy atom. The minimum Gasteiger partial charge on any atom is -0.374 e. The smallest absolute Gasteiger partial charge is 0.0720 e. The van der Waals surface area contributed by atoms with Crippen LogP contribution in [-0.2, 0) is 17.9 Å². The molecule has 1 saturated carbocycles. The molecule has 0 aliphatic heterocycles. The van der Waals surface area contributed by atoms with Gasteiger partial charge in [-0.1, -0.05) is 31.2 Å². The molecule has 0 saturated heterocycles. The van der Waals surface area contributed by atoms with E-state index in [4.69, 9.17) is 4.74 Å². The zero-order valence-electron chi connectivity index (χ0n) is 11.6. The van der Waals surface area contributed by atoms with Crippen molar-refractivity contribution >= 4 is 0 Å². The number of ether oxygens (including phenoxy) is 1. The first-order chi connectivity index (χ1) is 8.78. The molecule has 2 heteroatoms. The summed E-state index contributed by atoms with van der Waals surface area (Å²) in [6, 6.07) is 8.71. The highest BCUT2D eigenvalue weighted by molar-refractivity contribution is 5.21. The third-order valence-corrected chi connectivity index (χ3v) is 3.85. The van der Waals surface area contributed by atoms with Gasteiger partial charge in [0.15, 0.2) is 0 Å². The number of hydrogen-bond acceptors (Lipinski definition) is 2. The summed E-state index contributed by atoms with van der Waals surface area (Å²) in [6.45, 7) is 4.04. The highest BCUT2D eigenvalue weighted by Gasteiger charge is 2.18. The zero-order valence-corrected chi connectivity index (χ0v) is 11.6. The lowest BCUT2D eigenvalue weighted by atomic mass is 9.89. The zero-order chi connectivity index (χ0) is 12.8. The van der Waals surface area contributed by atoms with Gasteiger partial charge in [-0.15, -0.1) is 0 Å². The van der Waals surface area contributed by atoms with Gasteiger partial charge in [-0.05, 0) is 49.8 Å². The maximum absolute atomic E-state index is 6.00. The molecule has 0 amide bonds. The van der Waals surface area contributed by atoms with Crippen molar-refractivity contribution in [2.24, 2.45) is 5.92 Å². The summed E-state index contributed by atoms with van der Waals surface area (Å²) in [5, 5.41) is 3.16. The van der Waals surface area contributed by atoms with Crippen LogP contribution in [0.3, 0.4) is 0 Å². The van der Waals surface area contributed by atoms with Gasteiger partial charge in [0.05, 0.1) is 12.7 Å². The van der Waals surface area contributed by atoms with E-state index < -0.39 is 0 Å². The normalized spacial score (nSPS) is 24.1. The van der Waals surface area contributed by atoms with E-state index in [-0.39, 0.29) is 0 Å². The third kappa shape index (κ3) is 4.11.